The van der Waals surface area contributed by atoms with Crippen LogP contribution in [0.3, 0.4) is 0 Å². The lowest BCUT2D eigenvalue weighted by Gasteiger charge is -2.19. The molecule has 0 radical (unpaired) electrons. The monoisotopic (exact) mass is 433 g/mol. The lowest BCUT2D eigenvalue weighted by atomic mass is 9.98. The number of hydrogen-bond donors (Lipinski definition) is 0. The summed E-state index contributed by atoms with van der Waals surface area (Å²) in [5.41, 5.74) is 4.45. The maximum Gasteiger partial charge on any atom is 0.246 e. The van der Waals surface area contributed by atoms with E-state index < -0.39 is 0 Å². The summed E-state index contributed by atoms with van der Waals surface area (Å²) in [4.78, 5) is 14.9. The van der Waals surface area contributed by atoms with Gasteiger partial charge in [-0.05, 0) is 44.4 Å². The van der Waals surface area contributed by atoms with Gasteiger partial charge in [0.15, 0.2) is 0 Å². The average Bonchev–Trinajstić information content (AvgIpc) is 3.02. The van der Waals surface area contributed by atoms with Gasteiger partial charge in [0.1, 0.15) is 17.1 Å². The van der Waals surface area contributed by atoms with Gasteiger partial charge in [0.2, 0.25) is 5.91 Å². The van der Waals surface area contributed by atoms with E-state index >= 15 is 0 Å². The molecular weight excluding hydrogens is 402 g/mol. The van der Waals surface area contributed by atoms with Crippen LogP contribution in [0.15, 0.2) is 53.2 Å². The molecule has 0 saturated carbocycles. The van der Waals surface area contributed by atoms with Crippen LogP contribution in [-0.2, 0) is 4.79 Å². The normalized spacial score (nSPS) is 15.0. The van der Waals surface area contributed by atoms with Crippen LogP contribution >= 0.6 is 0 Å². The van der Waals surface area contributed by atoms with E-state index in [4.69, 9.17) is 13.9 Å². The number of carbonyl (C=O) groups excluding carboxylic acids is 1. The Balaban J connectivity index is 1.77. The minimum atomic E-state index is 0.0732. The van der Waals surface area contributed by atoms with E-state index in [0.29, 0.717) is 6.61 Å². The molecule has 1 aliphatic rings. The van der Waals surface area contributed by atoms with Gasteiger partial charge in [-0.1, -0.05) is 31.0 Å². The Bertz CT molecular complexity index is 1120. The smallest absolute Gasteiger partial charge is 0.246 e. The number of likely N-dealkylation sites (tertiary alicyclic amines) is 1. The van der Waals surface area contributed by atoms with E-state index in [1.54, 1.807) is 19.4 Å². The third-order valence-electron chi connectivity index (χ3n) is 6.06. The van der Waals surface area contributed by atoms with Crippen molar-refractivity contribution in [2.75, 3.05) is 26.8 Å². The number of fused-ring (bicyclic) bond motifs is 1. The quantitative estimate of drug-likeness (QED) is 0.427. The van der Waals surface area contributed by atoms with Gasteiger partial charge >= 0.3 is 0 Å². The molecule has 0 atom stereocenters. The average molecular weight is 434 g/mol. The van der Waals surface area contributed by atoms with Gasteiger partial charge in [0, 0.05) is 47.3 Å². The van der Waals surface area contributed by atoms with Crippen LogP contribution < -0.4 is 9.47 Å². The molecule has 32 heavy (non-hydrogen) atoms. The number of ether oxygens (including phenoxy) is 2. The van der Waals surface area contributed by atoms with E-state index in [-0.39, 0.29) is 5.91 Å². The Morgan fingerprint density at radius 1 is 1.06 bits per heavy atom. The van der Waals surface area contributed by atoms with E-state index in [9.17, 15) is 4.79 Å². The number of para-hydroxylation sites is 1. The first-order valence-electron chi connectivity index (χ1n) is 11.4. The fourth-order valence-electron chi connectivity index (χ4n) is 4.36. The van der Waals surface area contributed by atoms with Gasteiger partial charge < -0.3 is 18.8 Å². The minimum absolute atomic E-state index is 0.0732. The molecular formula is C27H31NO4. The fraction of sp³-hybridized carbons (Fsp3) is 0.370. The summed E-state index contributed by atoms with van der Waals surface area (Å²) in [5, 5.41) is 0.961. The minimum Gasteiger partial charge on any atom is -0.496 e. The van der Waals surface area contributed by atoms with Crippen LogP contribution in [0.4, 0.5) is 0 Å². The van der Waals surface area contributed by atoms with Crippen LogP contribution in [0.2, 0.25) is 0 Å². The highest BCUT2D eigenvalue weighted by Gasteiger charge is 2.18. The number of rotatable bonds is 6. The summed E-state index contributed by atoms with van der Waals surface area (Å²) in [6.45, 7) is 6.13. The molecule has 1 aliphatic heterocycles. The second-order valence-corrected chi connectivity index (χ2v) is 8.19. The predicted molar refractivity (Wildman–Crippen MR) is 128 cm³/mol. The largest absolute Gasteiger partial charge is 0.496 e. The Morgan fingerprint density at radius 3 is 2.53 bits per heavy atom. The molecule has 2 heterocycles. The van der Waals surface area contributed by atoms with Gasteiger partial charge in [0.05, 0.1) is 20.0 Å². The van der Waals surface area contributed by atoms with Crippen molar-refractivity contribution >= 4 is 22.4 Å². The van der Waals surface area contributed by atoms with Crippen molar-refractivity contribution < 1.29 is 18.7 Å². The number of furan rings is 1. The zero-order chi connectivity index (χ0) is 22.5. The molecule has 1 saturated heterocycles. The summed E-state index contributed by atoms with van der Waals surface area (Å²) < 4.78 is 17.4. The number of benzene rings is 2. The summed E-state index contributed by atoms with van der Waals surface area (Å²) >= 11 is 0. The maximum atomic E-state index is 13.0. The lowest BCUT2D eigenvalue weighted by Crippen LogP contribution is -2.30. The third kappa shape index (κ3) is 4.52. The van der Waals surface area contributed by atoms with Crippen LogP contribution in [0, 0.1) is 0 Å². The predicted octanol–water partition coefficient (Wildman–Crippen LogP) is 6.31. The number of allylic oxidation sites excluding steroid dienone is 1. The summed E-state index contributed by atoms with van der Waals surface area (Å²) in [6.07, 6.45) is 8.05. The van der Waals surface area contributed by atoms with Gasteiger partial charge in [-0.25, -0.2) is 0 Å². The molecule has 3 aromatic rings. The van der Waals surface area contributed by atoms with E-state index in [1.165, 1.54) is 12.8 Å². The van der Waals surface area contributed by atoms with Crippen LogP contribution in [-0.4, -0.2) is 37.6 Å². The van der Waals surface area contributed by atoms with Gasteiger partial charge in [0.25, 0.3) is 0 Å². The Labute approximate surface area is 189 Å². The van der Waals surface area contributed by atoms with E-state index in [2.05, 4.69) is 6.07 Å². The molecule has 0 aliphatic carbocycles. The molecule has 1 amide bonds. The highest BCUT2D eigenvalue weighted by Crippen LogP contribution is 2.40. The third-order valence-corrected chi connectivity index (χ3v) is 6.06. The number of amides is 1. The van der Waals surface area contributed by atoms with Crippen molar-refractivity contribution in [3.05, 3.63) is 54.3 Å². The molecule has 1 aromatic heterocycles. The zero-order valence-electron chi connectivity index (χ0n) is 19.1. The highest BCUT2D eigenvalue weighted by atomic mass is 16.5. The lowest BCUT2D eigenvalue weighted by molar-refractivity contribution is -0.125. The Kier molecular flexibility index (Phi) is 6.84. The molecule has 168 valence electrons. The van der Waals surface area contributed by atoms with E-state index in [1.807, 2.05) is 49.1 Å². The first kappa shape index (κ1) is 22.0. The first-order chi connectivity index (χ1) is 15.6. The molecule has 0 bridgehead atoms. The zero-order valence-corrected chi connectivity index (χ0v) is 19.1. The second-order valence-electron chi connectivity index (χ2n) is 8.19. The van der Waals surface area contributed by atoms with Gasteiger partial charge in [-0.15, -0.1) is 0 Å². The van der Waals surface area contributed by atoms with Crippen molar-refractivity contribution in [3.8, 4) is 22.6 Å². The summed E-state index contributed by atoms with van der Waals surface area (Å²) in [6, 6.07) is 11.9. The number of carbonyl (C=O) groups is 1. The van der Waals surface area contributed by atoms with Crippen molar-refractivity contribution in [1.29, 1.82) is 0 Å². The van der Waals surface area contributed by atoms with Crippen LogP contribution in [0.1, 0.15) is 45.1 Å². The highest BCUT2D eigenvalue weighted by molar-refractivity contribution is 6.01. The van der Waals surface area contributed by atoms with Crippen molar-refractivity contribution in [3.63, 3.8) is 0 Å². The second kappa shape index (κ2) is 9.94. The van der Waals surface area contributed by atoms with Crippen LogP contribution in [0.5, 0.6) is 11.5 Å². The molecule has 4 rings (SSSR count). The Hall–Kier alpha value is -3.21. The maximum absolute atomic E-state index is 13.0. The SMILES string of the molecule is CCOc1cc2occ(-c3ccccc3OC)c2cc1/C(C)=C/C(=O)N1CCCCCC1. The topological polar surface area (TPSA) is 51.9 Å². The Morgan fingerprint density at radius 2 is 1.81 bits per heavy atom. The summed E-state index contributed by atoms with van der Waals surface area (Å²) in [5.74, 6) is 1.58. The number of methoxy groups -OCH3 is 1. The molecule has 5 nitrogen and oxygen atoms in total. The van der Waals surface area contributed by atoms with Crippen LogP contribution in [0.25, 0.3) is 27.7 Å². The molecule has 1 fully saturated rings. The summed E-state index contributed by atoms with van der Waals surface area (Å²) in [7, 11) is 1.67. The van der Waals surface area contributed by atoms with E-state index in [0.717, 1.165) is 70.7 Å². The van der Waals surface area contributed by atoms with Gasteiger partial charge in [-0.3, -0.25) is 4.79 Å². The fourth-order valence-corrected chi connectivity index (χ4v) is 4.36. The molecule has 0 N–H and O–H groups in total. The van der Waals surface area contributed by atoms with Crippen molar-refractivity contribution in [2.45, 2.75) is 39.5 Å². The standard InChI is InChI=1S/C27H31NO4/c1-4-31-25-17-26-22(23(18-32-26)20-11-7-8-12-24(20)30-3)16-21(25)19(2)15-27(29)28-13-9-5-6-10-14-28/h7-8,11-12,15-18H,4-6,9-10,13-14H2,1-3H3/b19-15+. The number of hydrogen-bond acceptors (Lipinski definition) is 4. The molecule has 0 unspecified atom stereocenters. The molecule has 0 spiro atoms. The van der Waals surface area contributed by atoms with Gasteiger partial charge in [-0.2, -0.15) is 0 Å². The first-order valence-corrected chi connectivity index (χ1v) is 11.4. The van der Waals surface area contributed by atoms with Crippen molar-refractivity contribution in [2.24, 2.45) is 0 Å². The number of nitrogens with zero attached hydrogens (tertiary/aromatic N) is 1. The molecule has 5 heteroatoms. The molecule has 2 aromatic carbocycles. The van der Waals surface area contributed by atoms with Crippen molar-refractivity contribution in [1.82, 2.24) is 4.90 Å².